The number of carbonyl (C=O) groups is 2. The van der Waals surface area contributed by atoms with Crippen LogP contribution in [0.2, 0.25) is 5.02 Å². The summed E-state index contributed by atoms with van der Waals surface area (Å²) in [5.41, 5.74) is 9.02. The molecule has 7 atom stereocenters. The molecule has 1 unspecified atom stereocenters. The van der Waals surface area contributed by atoms with Gasteiger partial charge in [-0.1, -0.05) is 67.4 Å². The lowest BCUT2D eigenvalue weighted by Gasteiger charge is -2.58. The molecule has 4 aliphatic rings. The summed E-state index contributed by atoms with van der Waals surface area (Å²) in [7, 11) is 0. The molecule has 0 heterocycles. The van der Waals surface area contributed by atoms with Gasteiger partial charge >= 0.3 is 5.97 Å². The number of hydrogen-bond donors (Lipinski definition) is 1. The number of allylic oxidation sites excluding steroid dienone is 3. The van der Waals surface area contributed by atoms with Crippen LogP contribution >= 0.6 is 11.6 Å². The Morgan fingerprint density at radius 2 is 1.90 bits per heavy atom. The minimum atomic E-state index is -0.667. The van der Waals surface area contributed by atoms with E-state index >= 15 is 0 Å². The summed E-state index contributed by atoms with van der Waals surface area (Å²) in [5.74, 6) is 0.912. The lowest BCUT2D eigenvalue weighted by atomic mass is 9.47. The number of hydrogen-bond acceptors (Lipinski definition) is 4. The topological polar surface area (TPSA) is 93.2 Å². The van der Waals surface area contributed by atoms with Crippen molar-refractivity contribution in [3.63, 3.8) is 0 Å². The van der Waals surface area contributed by atoms with E-state index in [2.05, 4.69) is 26.0 Å². The molecule has 206 valence electrons. The number of halogens is 1. The van der Waals surface area contributed by atoms with Gasteiger partial charge in [0.05, 0.1) is 0 Å². The molecule has 0 spiro atoms. The van der Waals surface area contributed by atoms with Crippen LogP contribution in [0.4, 0.5) is 0 Å². The van der Waals surface area contributed by atoms with E-state index in [9.17, 15) is 14.9 Å². The van der Waals surface area contributed by atoms with Gasteiger partial charge in [0.2, 0.25) is 0 Å². The van der Waals surface area contributed by atoms with Crippen LogP contribution in [0, 0.1) is 45.8 Å². The zero-order valence-electron chi connectivity index (χ0n) is 23.2. The molecule has 39 heavy (non-hydrogen) atoms. The molecule has 6 heteroatoms. The van der Waals surface area contributed by atoms with Crippen LogP contribution in [0.25, 0.3) is 6.08 Å². The number of benzene rings is 1. The third kappa shape index (κ3) is 4.86. The Morgan fingerprint density at radius 1 is 1.13 bits per heavy atom. The molecule has 5 nitrogen and oxygen atoms in total. The van der Waals surface area contributed by atoms with Crippen molar-refractivity contribution >= 4 is 29.6 Å². The standard InChI is InChI=1S/C33H39ClN2O3/c1-20(37)39-23-14-16-32(2)22(18-23)9-11-25-28-13-12-27(33(28,3)17-15-29(25)32)24(26(19-35)31(36)38)10-8-21-6-4-5-7-30(21)34/h4-10,23,25,27-29H,11-18H2,1-3H3,(H2,36,38)/b10-8+,26-24+/t23-,25-,27?,28-,29-,32-,33+/m0/s1. The Hall–Kier alpha value is -2.84. The van der Waals surface area contributed by atoms with Crippen molar-refractivity contribution in [1.82, 2.24) is 0 Å². The molecule has 5 rings (SSSR count). The van der Waals surface area contributed by atoms with Crippen LogP contribution in [0.1, 0.15) is 77.7 Å². The van der Waals surface area contributed by atoms with Gasteiger partial charge in [0, 0.05) is 18.4 Å². The lowest BCUT2D eigenvalue weighted by Crippen LogP contribution is -2.50. The van der Waals surface area contributed by atoms with Crippen LogP contribution < -0.4 is 5.73 Å². The van der Waals surface area contributed by atoms with Gasteiger partial charge in [-0.3, -0.25) is 9.59 Å². The van der Waals surface area contributed by atoms with E-state index in [1.165, 1.54) is 12.5 Å². The molecule has 3 saturated carbocycles. The first-order chi connectivity index (χ1) is 18.6. The molecule has 0 saturated heterocycles. The van der Waals surface area contributed by atoms with Crippen LogP contribution in [-0.2, 0) is 14.3 Å². The average molecular weight is 547 g/mol. The van der Waals surface area contributed by atoms with E-state index in [4.69, 9.17) is 22.1 Å². The molecule has 1 aromatic carbocycles. The van der Waals surface area contributed by atoms with Crippen molar-refractivity contribution in [2.45, 2.75) is 78.2 Å². The van der Waals surface area contributed by atoms with E-state index in [1.54, 1.807) is 0 Å². The molecular formula is C33H39ClN2O3. The van der Waals surface area contributed by atoms with Crippen molar-refractivity contribution in [2.75, 3.05) is 0 Å². The third-order valence-electron chi connectivity index (χ3n) is 10.8. The van der Waals surface area contributed by atoms with Gasteiger partial charge < -0.3 is 10.5 Å². The number of amides is 1. The Bertz CT molecular complexity index is 1310. The number of carbonyl (C=O) groups excluding carboxylic acids is 2. The SMILES string of the molecule is CC(=O)O[C@H]1CC[C@@]2(C)C(=CC[C@@H]3[C@@H]2CC[C@]2(C)C(C(/C=C/c4ccccc4Cl)=C(\C#N)C(N)=O)CC[C@@H]32)C1. The van der Waals surface area contributed by atoms with Crippen LogP contribution in [-0.4, -0.2) is 18.0 Å². The number of primary amides is 1. The predicted octanol–water partition coefficient (Wildman–Crippen LogP) is 7.17. The highest BCUT2D eigenvalue weighted by Gasteiger charge is 2.59. The van der Waals surface area contributed by atoms with Crippen molar-refractivity contribution < 1.29 is 14.3 Å². The number of nitrogens with two attached hydrogens (primary N) is 1. The predicted molar refractivity (Wildman–Crippen MR) is 153 cm³/mol. The Kier molecular flexibility index (Phi) is 7.55. The molecule has 0 aliphatic heterocycles. The summed E-state index contributed by atoms with van der Waals surface area (Å²) in [5, 5.41) is 10.6. The zero-order valence-corrected chi connectivity index (χ0v) is 24.0. The minimum Gasteiger partial charge on any atom is -0.462 e. The number of ether oxygens (including phenoxy) is 1. The second kappa shape index (κ2) is 10.6. The van der Waals surface area contributed by atoms with Crippen LogP contribution in [0.3, 0.4) is 0 Å². The fourth-order valence-corrected chi connectivity index (χ4v) is 9.10. The first kappa shape index (κ1) is 27.7. The van der Waals surface area contributed by atoms with Crippen molar-refractivity contribution in [3.8, 4) is 6.07 Å². The summed E-state index contributed by atoms with van der Waals surface area (Å²) in [6.07, 6.45) is 14.4. The van der Waals surface area contributed by atoms with Gasteiger partial charge in [-0.25, -0.2) is 0 Å². The van der Waals surface area contributed by atoms with E-state index < -0.39 is 5.91 Å². The number of nitrogens with zero attached hydrogens (tertiary/aromatic N) is 1. The molecule has 3 fully saturated rings. The van der Waals surface area contributed by atoms with Gasteiger partial charge in [-0.15, -0.1) is 0 Å². The molecule has 0 aromatic heterocycles. The number of esters is 1. The molecule has 4 aliphatic carbocycles. The summed E-state index contributed by atoms with van der Waals surface area (Å²) in [6, 6.07) is 9.71. The first-order valence-electron chi connectivity index (χ1n) is 14.3. The van der Waals surface area contributed by atoms with Crippen molar-refractivity contribution in [2.24, 2.45) is 40.2 Å². The molecule has 0 radical (unpaired) electrons. The molecule has 1 aromatic rings. The fraction of sp³-hybridized carbons (Fsp3) is 0.545. The maximum Gasteiger partial charge on any atom is 0.302 e. The fourth-order valence-electron chi connectivity index (χ4n) is 8.90. The van der Waals surface area contributed by atoms with E-state index in [0.29, 0.717) is 22.8 Å². The largest absolute Gasteiger partial charge is 0.462 e. The average Bonchev–Trinajstić information content (AvgIpc) is 3.24. The maximum absolute atomic E-state index is 12.4. The van der Waals surface area contributed by atoms with Crippen molar-refractivity contribution in [1.29, 1.82) is 5.26 Å². The number of rotatable bonds is 5. The zero-order chi connectivity index (χ0) is 27.9. The Morgan fingerprint density at radius 3 is 2.59 bits per heavy atom. The smallest absolute Gasteiger partial charge is 0.302 e. The normalized spacial score (nSPS) is 36.1. The van der Waals surface area contributed by atoms with Crippen LogP contribution in [0.5, 0.6) is 0 Å². The first-order valence-corrected chi connectivity index (χ1v) is 14.7. The highest BCUT2D eigenvalue weighted by atomic mass is 35.5. The third-order valence-corrected chi connectivity index (χ3v) is 11.1. The highest BCUT2D eigenvalue weighted by molar-refractivity contribution is 6.32. The van der Waals surface area contributed by atoms with Crippen LogP contribution in [0.15, 0.2) is 53.1 Å². The van der Waals surface area contributed by atoms with E-state index in [-0.39, 0.29) is 34.4 Å². The summed E-state index contributed by atoms with van der Waals surface area (Å²) in [6.45, 7) is 6.32. The second-order valence-electron chi connectivity index (χ2n) is 12.6. The summed E-state index contributed by atoms with van der Waals surface area (Å²) in [4.78, 5) is 24.0. The monoisotopic (exact) mass is 546 g/mol. The highest BCUT2D eigenvalue weighted by Crippen LogP contribution is 2.67. The molecule has 2 N–H and O–H groups in total. The quantitative estimate of drug-likeness (QED) is 0.139. The van der Waals surface area contributed by atoms with Gasteiger partial charge in [0.25, 0.3) is 5.91 Å². The van der Waals surface area contributed by atoms with Gasteiger partial charge in [0.15, 0.2) is 0 Å². The maximum atomic E-state index is 12.4. The van der Waals surface area contributed by atoms with Gasteiger partial charge in [-0.05, 0) is 96.7 Å². The summed E-state index contributed by atoms with van der Waals surface area (Å²) < 4.78 is 5.60. The van der Waals surface area contributed by atoms with Gasteiger partial charge in [0.1, 0.15) is 17.7 Å². The minimum absolute atomic E-state index is 0.00102. The number of fused-ring (bicyclic) bond motifs is 5. The summed E-state index contributed by atoms with van der Waals surface area (Å²) >= 11 is 6.41. The number of nitriles is 1. The Labute approximate surface area is 237 Å². The second-order valence-corrected chi connectivity index (χ2v) is 13.0. The molecular weight excluding hydrogens is 508 g/mol. The van der Waals surface area contributed by atoms with Crippen molar-refractivity contribution in [3.05, 3.63) is 63.7 Å². The van der Waals surface area contributed by atoms with Gasteiger partial charge in [-0.2, -0.15) is 5.26 Å². The molecule has 0 bridgehead atoms. The van der Waals surface area contributed by atoms with E-state index in [1.807, 2.05) is 36.4 Å². The molecule has 1 amide bonds. The van der Waals surface area contributed by atoms with E-state index in [0.717, 1.165) is 62.5 Å². The lowest BCUT2D eigenvalue weighted by molar-refractivity contribution is -0.148. The Balaban J connectivity index is 1.46.